The molecule has 3 aromatic carbocycles. The van der Waals surface area contributed by atoms with E-state index in [9.17, 15) is 29.1 Å². The Balaban J connectivity index is 2.15. The predicted molar refractivity (Wildman–Crippen MR) is 148 cm³/mol. The van der Waals surface area contributed by atoms with Crippen LogP contribution >= 0.6 is 0 Å². The number of nitrogens with zero attached hydrogens (tertiary/aromatic N) is 2. The lowest BCUT2D eigenvalue weighted by atomic mass is 10.0. The van der Waals surface area contributed by atoms with Crippen LogP contribution in [0.4, 0.5) is 0 Å². The molecule has 0 saturated heterocycles. The molecular weight excluding hydrogens is 512 g/mol. The minimum Gasteiger partial charge on any atom is -0.478 e. The van der Waals surface area contributed by atoms with Gasteiger partial charge in [-0.25, -0.2) is 14.6 Å². The number of ether oxygens (including phenoxy) is 1. The molecule has 1 N–H and O–H groups in total. The number of aromatic carboxylic acids is 1. The summed E-state index contributed by atoms with van der Waals surface area (Å²) in [6.45, 7) is 10.4. The second-order valence-electron chi connectivity index (χ2n) is 10.3. The number of carbonyl (C=O) groups is 5. The van der Waals surface area contributed by atoms with Gasteiger partial charge in [-0.3, -0.25) is 14.4 Å². The number of carbonyl (C=O) groups excluding carboxylic acids is 4. The van der Waals surface area contributed by atoms with Crippen molar-refractivity contribution >= 4 is 29.7 Å². The Morgan fingerprint density at radius 3 is 1.90 bits per heavy atom. The molecule has 0 aliphatic rings. The van der Waals surface area contributed by atoms with E-state index in [2.05, 4.69) is 0 Å². The van der Waals surface area contributed by atoms with Crippen LogP contribution in [0.2, 0.25) is 0 Å². The van der Waals surface area contributed by atoms with E-state index >= 15 is 0 Å². The monoisotopic (exact) mass is 544 g/mol. The Kier molecular flexibility index (Phi) is 8.88. The van der Waals surface area contributed by atoms with Gasteiger partial charge in [-0.1, -0.05) is 48.4 Å². The number of benzene rings is 3. The van der Waals surface area contributed by atoms with Crippen LogP contribution in [0.3, 0.4) is 0 Å². The van der Waals surface area contributed by atoms with E-state index in [1.54, 1.807) is 45.0 Å². The van der Waals surface area contributed by atoms with Gasteiger partial charge in [0.05, 0.1) is 5.54 Å². The van der Waals surface area contributed by atoms with Crippen molar-refractivity contribution in [2.24, 2.45) is 0 Å². The van der Waals surface area contributed by atoms with E-state index in [4.69, 9.17) is 4.74 Å². The number of rotatable bonds is 5. The van der Waals surface area contributed by atoms with Crippen molar-refractivity contribution in [1.82, 2.24) is 10.0 Å². The number of imide groups is 1. The lowest BCUT2D eigenvalue weighted by Gasteiger charge is -2.41. The first-order chi connectivity index (χ1) is 18.7. The number of aryl methyl sites for hydroxylation is 3. The molecule has 0 fully saturated rings. The van der Waals surface area contributed by atoms with Gasteiger partial charge in [0.2, 0.25) is 0 Å². The van der Waals surface area contributed by atoms with Crippen molar-refractivity contribution in [3.05, 3.63) is 100 Å². The molecule has 0 atom stereocenters. The molecule has 40 heavy (non-hydrogen) atoms. The summed E-state index contributed by atoms with van der Waals surface area (Å²) in [6, 6.07) is 16.9. The maximum atomic E-state index is 14.0. The highest BCUT2D eigenvalue weighted by Gasteiger charge is 2.43. The van der Waals surface area contributed by atoms with Gasteiger partial charge in [-0.05, 0) is 83.0 Å². The fourth-order valence-corrected chi connectivity index (χ4v) is 4.16. The van der Waals surface area contributed by atoms with Crippen LogP contribution in [-0.4, -0.2) is 50.3 Å². The van der Waals surface area contributed by atoms with Gasteiger partial charge < -0.3 is 9.84 Å². The number of amides is 3. The molecule has 0 spiro atoms. The van der Waals surface area contributed by atoms with Gasteiger partial charge in [0, 0.05) is 11.1 Å². The average molecular weight is 545 g/mol. The van der Waals surface area contributed by atoms with Gasteiger partial charge in [-0.2, -0.15) is 5.01 Å². The summed E-state index contributed by atoms with van der Waals surface area (Å²) in [5, 5.41) is 10.9. The van der Waals surface area contributed by atoms with Crippen LogP contribution in [0.15, 0.2) is 66.7 Å². The normalized spacial score (nSPS) is 10.9. The van der Waals surface area contributed by atoms with E-state index in [1.807, 2.05) is 26.8 Å². The molecule has 3 rings (SSSR count). The van der Waals surface area contributed by atoms with Gasteiger partial charge in [0.15, 0.2) is 0 Å². The van der Waals surface area contributed by atoms with Crippen LogP contribution in [0, 0.1) is 13.8 Å². The van der Waals surface area contributed by atoms with Gasteiger partial charge in [-0.15, -0.1) is 0 Å². The summed E-state index contributed by atoms with van der Waals surface area (Å²) in [5.74, 6) is -6.36. The SMILES string of the molecule is CCc1ccc(C(=O)N(C(=O)C(=O)Oc2ccccc2C(=O)O)N(C(=O)c2cc(C)cc(C)c2)C(C)(C)C)cc1. The molecule has 0 aliphatic carbocycles. The van der Waals surface area contributed by atoms with Crippen molar-refractivity contribution in [2.45, 2.75) is 53.5 Å². The lowest BCUT2D eigenvalue weighted by molar-refractivity contribution is -0.161. The van der Waals surface area contributed by atoms with E-state index in [-0.39, 0.29) is 22.4 Å². The van der Waals surface area contributed by atoms with Gasteiger partial charge >= 0.3 is 17.8 Å². The molecule has 9 nitrogen and oxygen atoms in total. The Morgan fingerprint density at radius 2 is 1.38 bits per heavy atom. The summed E-state index contributed by atoms with van der Waals surface area (Å²) in [5.41, 5.74) is 1.29. The number of hydrogen-bond acceptors (Lipinski definition) is 6. The van der Waals surface area contributed by atoms with E-state index in [0.29, 0.717) is 11.4 Å². The van der Waals surface area contributed by atoms with E-state index in [0.717, 1.165) is 21.7 Å². The van der Waals surface area contributed by atoms with Crippen LogP contribution in [0.5, 0.6) is 5.75 Å². The van der Waals surface area contributed by atoms with Gasteiger partial charge in [0.1, 0.15) is 11.3 Å². The maximum Gasteiger partial charge on any atom is 0.404 e. The van der Waals surface area contributed by atoms with Crippen LogP contribution in [0.1, 0.15) is 75.5 Å². The van der Waals surface area contributed by atoms with Crippen LogP contribution < -0.4 is 4.74 Å². The molecule has 9 heteroatoms. The van der Waals surface area contributed by atoms with Crippen molar-refractivity contribution in [3.8, 4) is 5.75 Å². The first kappa shape index (κ1) is 29.8. The summed E-state index contributed by atoms with van der Waals surface area (Å²) in [6.07, 6.45) is 0.714. The highest BCUT2D eigenvalue weighted by atomic mass is 16.5. The lowest BCUT2D eigenvalue weighted by Crippen LogP contribution is -2.62. The Hall–Kier alpha value is -4.79. The van der Waals surface area contributed by atoms with Crippen molar-refractivity contribution in [3.63, 3.8) is 0 Å². The largest absolute Gasteiger partial charge is 0.478 e. The van der Waals surface area contributed by atoms with E-state index in [1.165, 1.54) is 36.4 Å². The van der Waals surface area contributed by atoms with E-state index < -0.39 is 35.2 Å². The van der Waals surface area contributed by atoms with Crippen molar-refractivity contribution in [1.29, 1.82) is 0 Å². The summed E-state index contributed by atoms with van der Waals surface area (Å²) in [4.78, 5) is 66.3. The van der Waals surface area contributed by atoms with Crippen LogP contribution in [-0.2, 0) is 16.0 Å². The Labute approximate surface area is 232 Å². The molecule has 208 valence electrons. The zero-order valence-corrected chi connectivity index (χ0v) is 23.3. The maximum absolute atomic E-state index is 14.0. The molecule has 3 aromatic rings. The molecule has 0 unspecified atom stereocenters. The molecule has 0 bridgehead atoms. The third-order valence-electron chi connectivity index (χ3n) is 5.99. The number of para-hydroxylation sites is 1. The fraction of sp³-hybridized carbons (Fsp3) is 0.258. The van der Waals surface area contributed by atoms with Crippen molar-refractivity contribution in [2.75, 3.05) is 0 Å². The molecule has 0 saturated carbocycles. The number of hydrazine groups is 1. The highest BCUT2D eigenvalue weighted by Crippen LogP contribution is 2.25. The Morgan fingerprint density at radius 1 is 0.800 bits per heavy atom. The third kappa shape index (κ3) is 6.61. The smallest absolute Gasteiger partial charge is 0.404 e. The second-order valence-corrected chi connectivity index (χ2v) is 10.3. The molecule has 0 aromatic heterocycles. The molecular formula is C31H32N2O7. The number of carboxylic acids is 1. The minimum absolute atomic E-state index is 0.0618. The number of carboxylic acid groups (broad SMARTS) is 1. The first-order valence-electron chi connectivity index (χ1n) is 12.7. The molecule has 3 amide bonds. The average Bonchev–Trinajstić information content (AvgIpc) is 2.89. The first-order valence-corrected chi connectivity index (χ1v) is 12.7. The molecule has 0 aliphatic heterocycles. The zero-order valence-electron chi connectivity index (χ0n) is 23.3. The highest BCUT2D eigenvalue weighted by molar-refractivity contribution is 6.37. The fourth-order valence-electron chi connectivity index (χ4n) is 4.16. The predicted octanol–water partition coefficient (Wildman–Crippen LogP) is 4.99. The minimum atomic E-state index is -1.53. The van der Waals surface area contributed by atoms with Crippen molar-refractivity contribution < 1.29 is 33.8 Å². The number of hydrogen-bond donors (Lipinski definition) is 1. The quantitative estimate of drug-likeness (QED) is 0.208. The second kappa shape index (κ2) is 11.9. The standard InChI is InChI=1S/C31H32N2O7/c1-7-21-12-14-22(15-13-21)26(34)32(28(36)30(39)40-25-11-9-8-10-24(25)29(37)38)33(31(4,5)6)27(35)23-17-19(2)16-20(3)18-23/h8-18H,7H2,1-6H3,(H,37,38). The molecule has 0 heterocycles. The van der Waals surface area contributed by atoms with Crippen LogP contribution in [0.25, 0.3) is 0 Å². The summed E-state index contributed by atoms with van der Waals surface area (Å²) >= 11 is 0. The molecule has 0 radical (unpaired) electrons. The summed E-state index contributed by atoms with van der Waals surface area (Å²) < 4.78 is 5.16. The number of esters is 1. The summed E-state index contributed by atoms with van der Waals surface area (Å²) in [7, 11) is 0. The Bertz CT molecular complexity index is 1450. The third-order valence-corrected chi connectivity index (χ3v) is 5.99. The topological polar surface area (TPSA) is 121 Å². The zero-order chi connectivity index (χ0) is 29.8. The van der Waals surface area contributed by atoms with Gasteiger partial charge in [0.25, 0.3) is 11.8 Å².